The molecule has 0 N–H and O–H groups in total. The minimum atomic E-state index is 0.394. The second-order valence-corrected chi connectivity index (χ2v) is 6.01. The molecule has 0 aromatic carbocycles. The molecule has 2 rings (SSSR count). The molecular formula is C16H28O3. The summed E-state index contributed by atoms with van der Waals surface area (Å²) in [5, 5.41) is 0. The van der Waals surface area contributed by atoms with E-state index in [1.807, 2.05) is 0 Å². The van der Waals surface area contributed by atoms with Gasteiger partial charge in [-0.2, -0.15) is 0 Å². The van der Waals surface area contributed by atoms with Crippen LogP contribution in [0.25, 0.3) is 0 Å². The lowest BCUT2D eigenvalue weighted by Gasteiger charge is -2.36. The van der Waals surface area contributed by atoms with Crippen LogP contribution < -0.4 is 0 Å². The van der Waals surface area contributed by atoms with Crippen LogP contribution in [0.2, 0.25) is 0 Å². The minimum Gasteiger partial charge on any atom is -0.382 e. The Morgan fingerprint density at radius 2 is 1.95 bits per heavy atom. The lowest BCUT2D eigenvalue weighted by molar-refractivity contribution is -0.127. The fraction of sp³-hybridized carbons (Fsp3) is 0.875. The Morgan fingerprint density at radius 1 is 1.11 bits per heavy atom. The van der Waals surface area contributed by atoms with Crippen LogP contribution in [0.3, 0.4) is 0 Å². The Bertz CT molecular complexity index is 290. The van der Waals surface area contributed by atoms with E-state index in [2.05, 4.69) is 13.5 Å². The molecule has 3 nitrogen and oxygen atoms in total. The Labute approximate surface area is 117 Å². The number of allylic oxidation sites excluding steroid dienone is 1. The first kappa shape index (κ1) is 15.0. The van der Waals surface area contributed by atoms with Crippen LogP contribution in [0, 0.1) is 17.8 Å². The molecule has 2 fully saturated rings. The van der Waals surface area contributed by atoms with Crippen LogP contribution in [-0.2, 0) is 14.2 Å². The van der Waals surface area contributed by atoms with Gasteiger partial charge in [-0.05, 0) is 50.4 Å². The molecule has 0 aromatic heterocycles. The van der Waals surface area contributed by atoms with Crippen LogP contribution in [0.15, 0.2) is 12.2 Å². The van der Waals surface area contributed by atoms with Crippen LogP contribution in [0.5, 0.6) is 0 Å². The van der Waals surface area contributed by atoms with Crippen LogP contribution in [0.4, 0.5) is 0 Å². The van der Waals surface area contributed by atoms with E-state index in [0.717, 1.165) is 17.8 Å². The highest BCUT2D eigenvalue weighted by Gasteiger charge is 2.42. The van der Waals surface area contributed by atoms with Crippen molar-refractivity contribution in [2.45, 2.75) is 45.1 Å². The molecule has 19 heavy (non-hydrogen) atoms. The van der Waals surface area contributed by atoms with Crippen molar-refractivity contribution < 1.29 is 14.2 Å². The number of fused-ring (bicyclic) bond motifs is 1. The van der Waals surface area contributed by atoms with Gasteiger partial charge < -0.3 is 14.2 Å². The monoisotopic (exact) mass is 268 g/mol. The summed E-state index contributed by atoms with van der Waals surface area (Å²) in [6.45, 7) is 8.02. The molecule has 0 aromatic rings. The summed E-state index contributed by atoms with van der Waals surface area (Å²) in [5.41, 5.74) is 1.37. The second-order valence-electron chi connectivity index (χ2n) is 6.01. The van der Waals surface area contributed by atoms with E-state index in [-0.39, 0.29) is 0 Å². The van der Waals surface area contributed by atoms with E-state index in [1.165, 1.54) is 37.7 Å². The topological polar surface area (TPSA) is 27.7 Å². The summed E-state index contributed by atoms with van der Waals surface area (Å²) in [6, 6.07) is 0. The SMILES string of the molecule is C=C(C)[C@H]1CC[C@@H]2[C@@H]1CCC[C@H]2OCOCCOC. The summed E-state index contributed by atoms with van der Waals surface area (Å²) < 4.78 is 16.4. The standard InChI is InChI=1S/C16H28O3/c1-12(2)13-7-8-15-14(13)5-4-6-16(15)19-11-18-10-9-17-3/h13-16H,1,4-11H2,2-3H3/t13-,14-,15-,16-/m1/s1. The highest BCUT2D eigenvalue weighted by Crippen LogP contribution is 2.49. The van der Waals surface area contributed by atoms with E-state index in [9.17, 15) is 0 Å². The molecule has 2 aliphatic carbocycles. The van der Waals surface area contributed by atoms with Gasteiger partial charge in [-0.15, -0.1) is 0 Å². The van der Waals surface area contributed by atoms with Crippen molar-refractivity contribution in [3.63, 3.8) is 0 Å². The van der Waals surface area contributed by atoms with Crippen molar-refractivity contribution in [1.82, 2.24) is 0 Å². The molecule has 0 heterocycles. The summed E-state index contributed by atoms with van der Waals surface area (Å²) in [4.78, 5) is 0. The number of rotatable bonds is 7. The highest BCUT2D eigenvalue weighted by molar-refractivity contribution is 5.06. The summed E-state index contributed by atoms with van der Waals surface area (Å²) in [5.74, 6) is 2.25. The first-order chi connectivity index (χ1) is 9.24. The van der Waals surface area contributed by atoms with Crippen molar-refractivity contribution >= 4 is 0 Å². The van der Waals surface area contributed by atoms with Crippen molar-refractivity contribution in [2.24, 2.45) is 17.8 Å². The molecule has 0 saturated heterocycles. The predicted octanol–water partition coefficient (Wildman–Crippen LogP) is 3.39. The van der Waals surface area contributed by atoms with E-state index >= 15 is 0 Å². The molecule has 4 atom stereocenters. The first-order valence-electron chi connectivity index (χ1n) is 7.57. The third-order valence-electron chi connectivity index (χ3n) is 4.81. The van der Waals surface area contributed by atoms with Gasteiger partial charge in [0.05, 0.1) is 19.3 Å². The van der Waals surface area contributed by atoms with Crippen molar-refractivity contribution in [1.29, 1.82) is 0 Å². The maximum absolute atomic E-state index is 5.96. The van der Waals surface area contributed by atoms with E-state index in [0.29, 0.717) is 26.1 Å². The zero-order valence-corrected chi connectivity index (χ0v) is 12.4. The zero-order chi connectivity index (χ0) is 13.7. The Morgan fingerprint density at radius 3 is 2.68 bits per heavy atom. The van der Waals surface area contributed by atoms with Gasteiger partial charge in [0, 0.05) is 7.11 Å². The normalized spacial score (nSPS) is 34.2. The minimum absolute atomic E-state index is 0.394. The van der Waals surface area contributed by atoms with Gasteiger partial charge in [-0.3, -0.25) is 0 Å². The maximum atomic E-state index is 5.96. The summed E-state index contributed by atoms with van der Waals surface area (Å²) in [6.07, 6.45) is 6.82. The molecule has 2 aliphatic rings. The molecule has 0 amide bonds. The number of ether oxygens (including phenoxy) is 3. The fourth-order valence-corrected chi connectivity index (χ4v) is 3.90. The molecule has 3 heteroatoms. The molecule has 2 saturated carbocycles. The lowest BCUT2D eigenvalue weighted by atomic mass is 9.75. The van der Waals surface area contributed by atoms with Crippen molar-refractivity contribution in [2.75, 3.05) is 27.1 Å². The molecule has 0 unspecified atom stereocenters. The van der Waals surface area contributed by atoms with Crippen molar-refractivity contribution in [3.8, 4) is 0 Å². The smallest absolute Gasteiger partial charge is 0.147 e. The van der Waals surface area contributed by atoms with Gasteiger partial charge >= 0.3 is 0 Å². The number of hydrogen-bond acceptors (Lipinski definition) is 3. The predicted molar refractivity (Wildman–Crippen MR) is 75.9 cm³/mol. The van der Waals surface area contributed by atoms with Crippen LogP contribution >= 0.6 is 0 Å². The van der Waals surface area contributed by atoms with E-state index in [1.54, 1.807) is 7.11 Å². The molecule has 0 radical (unpaired) electrons. The summed E-state index contributed by atoms with van der Waals surface area (Å²) in [7, 11) is 1.69. The Kier molecular flexibility index (Phi) is 5.86. The van der Waals surface area contributed by atoms with Gasteiger partial charge in [0.2, 0.25) is 0 Å². The molecule has 0 bridgehead atoms. The fourth-order valence-electron chi connectivity index (χ4n) is 3.90. The van der Waals surface area contributed by atoms with Crippen LogP contribution in [-0.4, -0.2) is 33.2 Å². The number of hydrogen-bond donors (Lipinski definition) is 0. The van der Waals surface area contributed by atoms with Gasteiger partial charge in [0.25, 0.3) is 0 Å². The first-order valence-corrected chi connectivity index (χ1v) is 7.57. The maximum Gasteiger partial charge on any atom is 0.147 e. The second kappa shape index (κ2) is 7.41. The zero-order valence-electron chi connectivity index (χ0n) is 12.4. The van der Waals surface area contributed by atoms with E-state index < -0.39 is 0 Å². The van der Waals surface area contributed by atoms with Gasteiger partial charge in [0.15, 0.2) is 0 Å². The third kappa shape index (κ3) is 3.80. The molecule has 0 spiro atoms. The highest BCUT2D eigenvalue weighted by atomic mass is 16.7. The van der Waals surface area contributed by atoms with Crippen LogP contribution in [0.1, 0.15) is 39.0 Å². The van der Waals surface area contributed by atoms with Gasteiger partial charge in [-0.1, -0.05) is 18.6 Å². The Balaban J connectivity index is 1.77. The average molecular weight is 268 g/mol. The Hall–Kier alpha value is -0.380. The van der Waals surface area contributed by atoms with Crippen molar-refractivity contribution in [3.05, 3.63) is 12.2 Å². The molecular weight excluding hydrogens is 240 g/mol. The third-order valence-corrected chi connectivity index (χ3v) is 4.81. The van der Waals surface area contributed by atoms with E-state index in [4.69, 9.17) is 14.2 Å². The average Bonchev–Trinajstić information content (AvgIpc) is 2.83. The van der Waals surface area contributed by atoms with Gasteiger partial charge in [-0.25, -0.2) is 0 Å². The largest absolute Gasteiger partial charge is 0.382 e. The lowest BCUT2D eigenvalue weighted by Crippen LogP contribution is -2.34. The summed E-state index contributed by atoms with van der Waals surface area (Å²) >= 11 is 0. The van der Waals surface area contributed by atoms with Gasteiger partial charge in [0.1, 0.15) is 6.79 Å². The molecule has 110 valence electrons. The molecule has 0 aliphatic heterocycles. The quantitative estimate of drug-likeness (QED) is 0.402. The number of methoxy groups -OCH3 is 1.